The molecule has 2 aromatic carbocycles. The molecule has 1 aliphatic carbocycles. The van der Waals surface area contributed by atoms with Gasteiger partial charge in [0.05, 0.1) is 23.6 Å². The van der Waals surface area contributed by atoms with Crippen molar-refractivity contribution in [1.29, 1.82) is 5.26 Å². The third-order valence-electron chi connectivity index (χ3n) is 7.00. The van der Waals surface area contributed by atoms with Crippen LogP contribution in [0.5, 0.6) is 0 Å². The van der Waals surface area contributed by atoms with E-state index in [0.717, 1.165) is 17.5 Å². The Labute approximate surface area is 194 Å². The lowest BCUT2D eigenvalue weighted by atomic mass is 9.57. The second-order valence-corrected chi connectivity index (χ2v) is 9.26. The van der Waals surface area contributed by atoms with Crippen LogP contribution in [0.25, 0.3) is 0 Å². The zero-order valence-electron chi connectivity index (χ0n) is 18.7. The maximum Gasteiger partial charge on any atom is 0.416 e. The van der Waals surface area contributed by atoms with Crippen LogP contribution in [0, 0.1) is 24.2 Å². The molecule has 2 aliphatic rings. The number of hydrogen-bond acceptors (Lipinski definition) is 4. The van der Waals surface area contributed by atoms with Crippen molar-refractivity contribution in [3.05, 3.63) is 76.4 Å². The number of amides is 1. The SMILES string of the molecule is Cc1cc2c(c(C(F)(F)F)c1)CN(c1cccc(C3(c4nncn4C)CC(CC#N)C3)c1)C2=O. The summed E-state index contributed by atoms with van der Waals surface area (Å²) in [5.74, 6) is 0.551. The van der Waals surface area contributed by atoms with Gasteiger partial charge in [-0.3, -0.25) is 4.79 Å². The maximum atomic E-state index is 13.7. The van der Waals surface area contributed by atoms with Crippen LogP contribution in [-0.2, 0) is 25.2 Å². The van der Waals surface area contributed by atoms with Crippen molar-refractivity contribution < 1.29 is 18.0 Å². The number of anilines is 1. The molecule has 0 radical (unpaired) electrons. The first-order chi connectivity index (χ1) is 16.1. The summed E-state index contributed by atoms with van der Waals surface area (Å²) in [4.78, 5) is 14.6. The number of rotatable bonds is 4. The van der Waals surface area contributed by atoms with Crippen molar-refractivity contribution in [3.63, 3.8) is 0 Å². The number of aryl methyl sites for hydroxylation is 2. The van der Waals surface area contributed by atoms with Crippen LogP contribution >= 0.6 is 0 Å². The van der Waals surface area contributed by atoms with Gasteiger partial charge in [-0.25, -0.2) is 0 Å². The quantitative estimate of drug-likeness (QED) is 0.549. The molecule has 9 heteroatoms. The smallest absolute Gasteiger partial charge is 0.320 e. The Kier molecular flexibility index (Phi) is 5.01. The highest BCUT2D eigenvalue weighted by molar-refractivity contribution is 6.10. The zero-order valence-corrected chi connectivity index (χ0v) is 18.7. The van der Waals surface area contributed by atoms with E-state index in [1.165, 1.54) is 11.0 Å². The molecule has 0 saturated heterocycles. The highest BCUT2D eigenvalue weighted by Gasteiger charge is 2.50. The van der Waals surface area contributed by atoms with Gasteiger partial charge in [-0.05, 0) is 66.6 Å². The molecule has 1 aliphatic heterocycles. The molecule has 0 N–H and O–H groups in total. The van der Waals surface area contributed by atoms with Gasteiger partial charge in [-0.15, -0.1) is 10.2 Å². The summed E-state index contributed by atoms with van der Waals surface area (Å²) < 4.78 is 42.9. The Morgan fingerprint density at radius 2 is 2.00 bits per heavy atom. The van der Waals surface area contributed by atoms with E-state index in [0.29, 0.717) is 30.5 Å². The first kappa shape index (κ1) is 22.1. The predicted molar refractivity (Wildman–Crippen MR) is 118 cm³/mol. The van der Waals surface area contributed by atoms with Gasteiger partial charge in [-0.2, -0.15) is 18.4 Å². The van der Waals surface area contributed by atoms with Gasteiger partial charge < -0.3 is 9.47 Å². The van der Waals surface area contributed by atoms with E-state index >= 15 is 0 Å². The number of halogens is 3. The molecule has 1 amide bonds. The lowest BCUT2D eigenvalue weighted by Gasteiger charge is -2.46. The number of nitriles is 1. The van der Waals surface area contributed by atoms with Gasteiger partial charge in [0.15, 0.2) is 0 Å². The van der Waals surface area contributed by atoms with E-state index in [4.69, 9.17) is 5.26 Å². The minimum Gasteiger partial charge on any atom is -0.320 e. The average Bonchev–Trinajstić information content (AvgIpc) is 3.33. The fourth-order valence-corrected chi connectivity index (χ4v) is 5.45. The molecule has 3 aromatic rings. The number of hydrogen-bond donors (Lipinski definition) is 0. The van der Waals surface area contributed by atoms with Gasteiger partial charge in [-0.1, -0.05) is 12.1 Å². The first-order valence-electron chi connectivity index (χ1n) is 11.0. The highest BCUT2D eigenvalue weighted by Crippen LogP contribution is 2.53. The van der Waals surface area contributed by atoms with Crippen molar-refractivity contribution in [2.75, 3.05) is 4.90 Å². The second-order valence-electron chi connectivity index (χ2n) is 9.26. The van der Waals surface area contributed by atoms with Crippen LogP contribution in [0.3, 0.4) is 0 Å². The normalized spacial score (nSPS) is 21.8. The second kappa shape index (κ2) is 7.69. The summed E-state index contributed by atoms with van der Waals surface area (Å²) in [5, 5.41) is 17.5. The largest absolute Gasteiger partial charge is 0.416 e. The minimum absolute atomic E-state index is 0.00856. The monoisotopic (exact) mass is 465 g/mol. The zero-order chi connectivity index (χ0) is 24.3. The molecule has 1 aromatic heterocycles. The lowest BCUT2D eigenvalue weighted by Crippen LogP contribution is -2.44. The van der Waals surface area contributed by atoms with Crippen LogP contribution in [0.1, 0.15) is 57.7 Å². The van der Waals surface area contributed by atoms with Gasteiger partial charge >= 0.3 is 6.18 Å². The molecular formula is C25H22F3N5O. The van der Waals surface area contributed by atoms with Gasteiger partial charge in [0, 0.05) is 24.7 Å². The van der Waals surface area contributed by atoms with Crippen molar-refractivity contribution in [3.8, 4) is 6.07 Å². The third kappa shape index (κ3) is 3.36. The van der Waals surface area contributed by atoms with E-state index in [9.17, 15) is 18.0 Å². The summed E-state index contributed by atoms with van der Waals surface area (Å²) in [6.45, 7) is 1.42. The van der Waals surface area contributed by atoms with Crippen molar-refractivity contribution >= 4 is 11.6 Å². The molecule has 0 unspecified atom stereocenters. The molecule has 0 atom stereocenters. The van der Waals surface area contributed by atoms with E-state index < -0.39 is 23.1 Å². The summed E-state index contributed by atoms with van der Waals surface area (Å²) in [7, 11) is 1.86. The summed E-state index contributed by atoms with van der Waals surface area (Å²) in [6, 6.07) is 12.2. The Morgan fingerprint density at radius 1 is 1.24 bits per heavy atom. The van der Waals surface area contributed by atoms with Crippen LogP contribution in [-0.4, -0.2) is 20.7 Å². The van der Waals surface area contributed by atoms with Crippen LogP contribution in [0.2, 0.25) is 0 Å². The van der Waals surface area contributed by atoms with Crippen LogP contribution in [0.4, 0.5) is 18.9 Å². The standard InChI is InChI=1S/C25H22F3N5O/c1-15-8-19-20(21(9-15)25(26,27)28)13-33(22(19)34)18-5-3-4-17(10-18)24(11-16(12-24)6-7-29)23-31-30-14-32(23)2/h3-5,8-10,14,16H,6,11-13H2,1-2H3. The molecule has 0 bridgehead atoms. The van der Waals surface area contributed by atoms with E-state index in [1.54, 1.807) is 19.3 Å². The van der Waals surface area contributed by atoms with Crippen molar-refractivity contribution in [2.24, 2.45) is 13.0 Å². The average molecular weight is 465 g/mol. The van der Waals surface area contributed by atoms with E-state index in [1.807, 2.05) is 29.8 Å². The Bertz CT molecular complexity index is 1330. The van der Waals surface area contributed by atoms with Crippen LogP contribution < -0.4 is 4.90 Å². The number of carbonyl (C=O) groups excluding carboxylic acids is 1. The molecule has 0 spiro atoms. The molecule has 1 saturated carbocycles. The Morgan fingerprint density at radius 3 is 2.65 bits per heavy atom. The molecule has 174 valence electrons. The van der Waals surface area contributed by atoms with Crippen molar-refractivity contribution in [2.45, 2.75) is 44.3 Å². The molecule has 34 heavy (non-hydrogen) atoms. The topological polar surface area (TPSA) is 74.8 Å². The number of alkyl halides is 3. The fraction of sp³-hybridized carbons (Fsp3) is 0.360. The molecule has 1 fully saturated rings. The Balaban J connectivity index is 1.54. The molecule has 2 heterocycles. The van der Waals surface area contributed by atoms with Crippen molar-refractivity contribution in [1.82, 2.24) is 14.8 Å². The Hall–Kier alpha value is -3.67. The summed E-state index contributed by atoms with van der Waals surface area (Å²) in [5.41, 5.74) is 0.720. The number of aromatic nitrogens is 3. The van der Waals surface area contributed by atoms with E-state index in [-0.39, 0.29) is 23.6 Å². The van der Waals surface area contributed by atoms with Gasteiger partial charge in [0.25, 0.3) is 5.91 Å². The third-order valence-corrected chi connectivity index (χ3v) is 7.00. The first-order valence-corrected chi connectivity index (χ1v) is 11.0. The van der Waals surface area contributed by atoms with Gasteiger partial charge in [0.2, 0.25) is 0 Å². The maximum absolute atomic E-state index is 13.7. The van der Waals surface area contributed by atoms with Crippen LogP contribution in [0.15, 0.2) is 42.7 Å². The number of benzene rings is 2. The summed E-state index contributed by atoms with van der Waals surface area (Å²) in [6.07, 6.45) is -1.05. The minimum atomic E-state index is -4.54. The predicted octanol–water partition coefficient (Wildman–Crippen LogP) is 4.91. The number of nitrogens with zero attached hydrogens (tertiary/aromatic N) is 5. The molecule has 6 nitrogen and oxygen atoms in total. The fourth-order valence-electron chi connectivity index (χ4n) is 5.45. The lowest BCUT2D eigenvalue weighted by molar-refractivity contribution is -0.138. The van der Waals surface area contributed by atoms with Gasteiger partial charge in [0.1, 0.15) is 12.2 Å². The highest BCUT2D eigenvalue weighted by atomic mass is 19.4. The molecular weight excluding hydrogens is 443 g/mol. The summed E-state index contributed by atoms with van der Waals surface area (Å²) >= 11 is 0. The number of carbonyl (C=O) groups is 1. The number of fused-ring (bicyclic) bond motifs is 1. The molecule has 5 rings (SSSR count). The van der Waals surface area contributed by atoms with E-state index in [2.05, 4.69) is 16.3 Å².